The van der Waals surface area contributed by atoms with E-state index in [1.165, 1.54) is 22.5 Å². The van der Waals surface area contributed by atoms with Gasteiger partial charge in [0.05, 0.1) is 21.5 Å². The highest BCUT2D eigenvalue weighted by atomic mass is 35.5. The monoisotopic (exact) mass is 477 g/mol. The summed E-state index contributed by atoms with van der Waals surface area (Å²) >= 11 is 6.21. The van der Waals surface area contributed by atoms with Gasteiger partial charge in [0.15, 0.2) is 0 Å². The van der Waals surface area contributed by atoms with Crippen molar-refractivity contribution in [1.29, 1.82) is 0 Å². The molecule has 9 heteroatoms. The van der Waals surface area contributed by atoms with Gasteiger partial charge in [-0.25, -0.2) is 8.42 Å². The Morgan fingerprint density at radius 2 is 1.72 bits per heavy atom. The van der Waals surface area contributed by atoms with Gasteiger partial charge >= 0.3 is 0 Å². The summed E-state index contributed by atoms with van der Waals surface area (Å²) in [5.41, 5.74) is 1.65. The normalized spacial score (nSPS) is 14.8. The lowest BCUT2D eigenvalue weighted by Crippen LogP contribution is -2.31. The molecule has 2 N–H and O–H groups in total. The largest absolute Gasteiger partial charge is 0.345 e. The Morgan fingerprint density at radius 3 is 2.28 bits per heavy atom. The molecule has 3 rings (SSSR count). The third kappa shape index (κ3) is 5.49. The first kappa shape index (κ1) is 24.2. The van der Waals surface area contributed by atoms with E-state index < -0.39 is 15.9 Å². The van der Waals surface area contributed by atoms with E-state index in [4.69, 9.17) is 11.6 Å². The van der Waals surface area contributed by atoms with Gasteiger partial charge in [0.25, 0.3) is 5.91 Å². The predicted octanol–water partition coefficient (Wildman–Crippen LogP) is 4.21. The molecule has 0 bridgehead atoms. The zero-order chi connectivity index (χ0) is 23.5. The molecule has 1 fully saturated rings. The number of hydrogen-bond acceptors (Lipinski definition) is 4. The molecule has 1 unspecified atom stereocenters. The summed E-state index contributed by atoms with van der Waals surface area (Å²) in [6.07, 6.45) is 1.87. The average molecular weight is 478 g/mol. The van der Waals surface area contributed by atoms with Crippen LogP contribution in [0.1, 0.15) is 55.6 Å². The maximum Gasteiger partial charge on any atom is 0.253 e. The van der Waals surface area contributed by atoms with Gasteiger partial charge in [0.2, 0.25) is 15.9 Å². The number of benzene rings is 2. The van der Waals surface area contributed by atoms with E-state index in [9.17, 15) is 18.0 Å². The van der Waals surface area contributed by atoms with Crippen LogP contribution < -0.4 is 10.6 Å². The summed E-state index contributed by atoms with van der Waals surface area (Å²) < 4.78 is 26.9. The highest BCUT2D eigenvalue weighted by Gasteiger charge is 2.29. The highest BCUT2D eigenvalue weighted by Crippen LogP contribution is 2.30. The number of carbonyl (C=O) groups excluding carboxylic acids is 2. The predicted molar refractivity (Wildman–Crippen MR) is 125 cm³/mol. The van der Waals surface area contributed by atoms with Gasteiger partial charge in [-0.2, -0.15) is 4.31 Å². The van der Waals surface area contributed by atoms with Gasteiger partial charge in [-0.15, -0.1) is 0 Å². The minimum absolute atomic E-state index is 0.0270. The maximum atomic E-state index is 12.9. The van der Waals surface area contributed by atoms with Gasteiger partial charge < -0.3 is 10.6 Å². The number of rotatable bonds is 9. The molecule has 0 saturated heterocycles. The van der Waals surface area contributed by atoms with Crippen LogP contribution in [0.3, 0.4) is 0 Å². The fourth-order valence-electron chi connectivity index (χ4n) is 3.35. The molecular formula is C23H28ClN3O4S. The molecule has 1 saturated carbocycles. The van der Waals surface area contributed by atoms with Crippen LogP contribution in [0.2, 0.25) is 5.02 Å². The van der Waals surface area contributed by atoms with Crippen molar-refractivity contribution >= 4 is 39.1 Å². The first-order valence-electron chi connectivity index (χ1n) is 10.7. The van der Waals surface area contributed by atoms with Crippen LogP contribution in [0.4, 0.5) is 5.69 Å². The van der Waals surface area contributed by atoms with E-state index in [2.05, 4.69) is 10.6 Å². The van der Waals surface area contributed by atoms with Crippen molar-refractivity contribution in [2.24, 2.45) is 5.92 Å². The number of nitrogens with zero attached hydrogens (tertiary/aromatic N) is 1. The lowest BCUT2D eigenvalue weighted by molar-refractivity contribution is -0.117. The standard InChI is InChI=1S/C23H28ClN3O4S/c1-4-27(5-2)32(30,31)19-12-13-21(24)20(14-19)23(29)25-15(3)16-8-10-18(11-9-16)26-22(28)17-6-7-17/h8-15,17H,4-7H2,1-3H3,(H,25,29)(H,26,28). The van der Waals surface area contributed by atoms with Crippen molar-refractivity contribution in [2.45, 2.75) is 44.6 Å². The smallest absolute Gasteiger partial charge is 0.253 e. The van der Waals surface area contributed by atoms with Crippen molar-refractivity contribution in [3.63, 3.8) is 0 Å². The Bertz CT molecular complexity index is 1090. The SMILES string of the molecule is CCN(CC)S(=O)(=O)c1ccc(Cl)c(C(=O)NC(C)c2ccc(NC(=O)C3CC3)cc2)c1. The Morgan fingerprint density at radius 1 is 1.09 bits per heavy atom. The molecule has 0 heterocycles. The Hall–Kier alpha value is -2.42. The van der Waals surface area contributed by atoms with Gasteiger partial charge in [-0.1, -0.05) is 37.6 Å². The van der Waals surface area contributed by atoms with E-state index in [1.54, 1.807) is 26.0 Å². The minimum Gasteiger partial charge on any atom is -0.345 e. The second-order valence-electron chi connectivity index (χ2n) is 7.81. The number of anilines is 1. The molecule has 0 radical (unpaired) electrons. The van der Waals surface area contributed by atoms with Crippen LogP contribution in [0, 0.1) is 5.92 Å². The molecule has 1 aliphatic rings. The summed E-state index contributed by atoms with van der Waals surface area (Å²) in [6, 6.07) is 11.0. The van der Waals surface area contributed by atoms with Crippen molar-refractivity contribution in [1.82, 2.24) is 9.62 Å². The topological polar surface area (TPSA) is 95.6 Å². The van der Waals surface area contributed by atoms with Crippen LogP contribution in [0.25, 0.3) is 0 Å². The van der Waals surface area contributed by atoms with Crippen LogP contribution >= 0.6 is 11.6 Å². The minimum atomic E-state index is -3.71. The van der Waals surface area contributed by atoms with E-state index in [1.807, 2.05) is 19.1 Å². The third-order valence-corrected chi connectivity index (χ3v) is 7.88. The number of hydrogen-bond donors (Lipinski definition) is 2. The fourth-order valence-corrected chi connectivity index (χ4v) is 5.04. The molecule has 2 amide bonds. The van der Waals surface area contributed by atoms with Crippen molar-refractivity contribution < 1.29 is 18.0 Å². The molecule has 32 heavy (non-hydrogen) atoms. The Kier molecular flexibility index (Phi) is 7.59. The molecule has 2 aromatic rings. The molecule has 0 aliphatic heterocycles. The van der Waals surface area contributed by atoms with Crippen LogP contribution in [-0.2, 0) is 14.8 Å². The van der Waals surface area contributed by atoms with E-state index in [0.717, 1.165) is 18.4 Å². The van der Waals surface area contributed by atoms with Crippen LogP contribution in [0.5, 0.6) is 0 Å². The fraction of sp³-hybridized carbons (Fsp3) is 0.391. The number of amides is 2. The molecular weight excluding hydrogens is 450 g/mol. The second-order valence-corrected chi connectivity index (χ2v) is 10.2. The second kappa shape index (κ2) is 10.0. The average Bonchev–Trinajstić information content (AvgIpc) is 3.60. The maximum absolute atomic E-state index is 12.9. The molecule has 1 atom stereocenters. The first-order valence-corrected chi connectivity index (χ1v) is 12.5. The van der Waals surface area contributed by atoms with E-state index >= 15 is 0 Å². The van der Waals surface area contributed by atoms with Gasteiger partial charge in [0, 0.05) is 24.7 Å². The van der Waals surface area contributed by atoms with E-state index in [-0.39, 0.29) is 33.3 Å². The summed E-state index contributed by atoms with van der Waals surface area (Å²) in [5, 5.41) is 5.91. The first-order chi connectivity index (χ1) is 15.2. The number of nitrogens with one attached hydrogen (secondary N) is 2. The molecule has 7 nitrogen and oxygen atoms in total. The van der Waals surface area contributed by atoms with Gasteiger partial charge in [-0.3, -0.25) is 9.59 Å². The number of carbonyl (C=O) groups is 2. The number of sulfonamides is 1. The Labute approximate surface area is 194 Å². The highest BCUT2D eigenvalue weighted by molar-refractivity contribution is 7.89. The Balaban J connectivity index is 1.72. The van der Waals surface area contributed by atoms with Crippen molar-refractivity contribution in [3.05, 3.63) is 58.6 Å². The molecule has 2 aromatic carbocycles. The molecule has 0 spiro atoms. The molecule has 0 aromatic heterocycles. The lowest BCUT2D eigenvalue weighted by atomic mass is 10.1. The van der Waals surface area contributed by atoms with Crippen LogP contribution in [-0.4, -0.2) is 37.6 Å². The zero-order valence-electron chi connectivity index (χ0n) is 18.4. The quantitative estimate of drug-likeness (QED) is 0.565. The molecule has 1 aliphatic carbocycles. The van der Waals surface area contributed by atoms with Gasteiger partial charge in [-0.05, 0) is 55.7 Å². The van der Waals surface area contributed by atoms with Crippen molar-refractivity contribution in [2.75, 3.05) is 18.4 Å². The summed E-state index contributed by atoms with van der Waals surface area (Å²) in [7, 11) is -3.71. The van der Waals surface area contributed by atoms with Crippen molar-refractivity contribution in [3.8, 4) is 0 Å². The van der Waals surface area contributed by atoms with Crippen LogP contribution in [0.15, 0.2) is 47.4 Å². The van der Waals surface area contributed by atoms with Gasteiger partial charge in [0.1, 0.15) is 0 Å². The third-order valence-electron chi connectivity index (χ3n) is 5.50. The van der Waals surface area contributed by atoms with E-state index in [0.29, 0.717) is 18.8 Å². The molecule has 172 valence electrons. The summed E-state index contributed by atoms with van der Waals surface area (Å²) in [5.74, 6) is -0.308. The number of halogens is 1. The zero-order valence-corrected chi connectivity index (χ0v) is 20.0. The summed E-state index contributed by atoms with van der Waals surface area (Å²) in [6.45, 7) is 6.00. The summed E-state index contributed by atoms with van der Waals surface area (Å²) in [4.78, 5) is 24.8. The lowest BCUT2D eigenvalue weighted by Gasteiger charge is -2.19.